The average molecular weight is 288 g/mol. The number of rotatable bonds is 4. The number of benzene rings is 1. The molecule has 0 aliphatic heterocycles. The van der Waals surface area contributed by atoms with Gasteiger partial charge in [0.25, 0.3) is 5.91 Å². The fourth-order valence-corrected chi connectivity index (χ4v) is 1.53. The highest BCUT2D eigenvalue weighted by molar-refractivity contribution is 9.10. The summed E-state index contributed by atoms with van der Waals surface area (Å²) in [6.45, 7) is 1.83. The number of ether oxygens (including phenoxy) is 1. The standard InChI is InChI=1S/C11H14BrNO3/c1-7(14)6-13-11(15)9-4-3-8(12)5-10(9)16-2/h3-5,7,14H,6H2,1-2H3,(H,13,15)/t7-/m1/s1. The van der Waals surface area contributed by atoms with Gasteiger partial charge < -0.3 is 15.2 Å². The summed E-state index contributed by atoms with van der Waals surface area (Å²) in [5.74, 6) is 0.239. The van der Waals surface area contributed by atoms with Crippen LogP contribution in [-0.4, -0.2) is 30.8 Å². The van der Waals surface area contributed by atoms with Gasteiger partial charge in [-0.1, -0.05) is 15.9 Å². The van der Waals surface area contributed by atoms with Crippen LogP contribution in [-0.2, 0) is 0 Å². The van der Waals surface area contributed by atoms with Crippen molar-refractivity contribution in [2.45, 2.75) is 13.0 Å². The summed E-state index contributed by atoms with van der Waals surface area (Å²) in [7, 11) is 1.51. The van der Waals surface area contributed by atoms with E-state index in [2.05, 4.69) is 21.2 Å². The van der Waals surface area contributed by atoms with Gasteiger partial charge >= 0.3 is 0 Å². The number of nitrogens with one attached hydrogen (secondary N) is 1. The second-order valence-corrected chi connectivity index (χ2v) is 4.32. The molecular weight excluding hydrogens is 274 g/mol. The monoisotopic (exact) mass is 287 g/mol. The Morgan fingerprint density at radius 2 is 2.31 bits per heavy atom. The summed E-state index contributed by atoms with van der Waals surface area (Å²) in [5, 5.41) is 11.7. The molecule has 0 aromatic heterocycles. The number of aliphatic hydroxyl groups is 1. The summed E-state index contributed by atoms with van der Waals surface area (Å²) in [6, 6.07) is 5.15. The predicted octanol–water partition coefficient (Wildman–Crippen LogP) is 1.57. The summed E-state index contributed by atoms with van der Waals surface area (Å²) < 4.78 is 5.94. The zero-order chi connectivity index (χ0) is 12.1. The Morgan fingerprint density at radius 3 is 2.88 bits per heavy atom. The van der Waals surface area contributed by atoms with E-state index in [-0.39, 0.29) is 12.5 Å². The van der Waals surface area contributed by atoms with Crippen LogP contribution >= 0.6 is 15.9 Å². The lowest BCUT2D eigenvalue weighted by molar-refractivity contribution is 0.0921. The fraction of sp³-hybridized carbons (Fsp3) is 0.364. The third kappa shape index (κ3) is 3.50. The maximum Gasteiger partial charge on any atom is 0.255 e. The van der Waals surface area contributed by atoms with E-state index in [4.69, 9.17) is 9.84 Å². The third-order valence-corrected chi connectivity index (χ3v) is 2.46. The number of carbonyl (C=O) groups is 1. The van der Waals surface area contributed by atoms with Crippen molar-refractivity contribution >= 4 is 21.8 Å². The Morgan fingerprint density at radius 1 is 1.62 bits per heavy atom. The highest BCUT2D eigenvalue weighted by atomic mass is 79.9. The van der Waals surface area contributed by atoms with Crippen molar-refractivity contribution in [3.63, 3.8) is 0 Å². The maximum absolute atomic E-state index is 11.7. The molecule has 0 unspecified atom stereocenters. The molecule has 0 bridgehead atoms. The lowest BCUT2D eigenvalue weighted by Gasteiger charge is -2.10. The normalized spacial score (nSPS) is 12.0. The molecule has 2 N–H and O–H groups in total. The minimum atomic E-state index is -0.564. The van der Waals surface area contributed by atoms with Crippen molar-refractivity contribution in [2.75, 3.05) is 13.7 Å². The van der Waals surface area contributed by atoms with E-state index in [1.165, 1.54) is 7.11 Å². The Labute approximate surface area is 103 Å². The van der Waals surface area contributed by atoms with E-state index in [1.54, 1.807) is 25.1 Å². The van der Waals surface area contributed by atoms with Crippen LogP contribution in [0.15, 0.2) is 22.7 Å². The zero-order valence-corrected chi connectivity index (χ0v) is 10.7. The first-order chi connectivity index (χ1) is 7.54. The molecule has 0 radical (unpaired) electrons. The second-order valence-electron chi connectivity index (χ2n) is 3.40. The first kappa shape index (κ1) is 13.0. The molecular formula is C11H14BrNO3. The lowest BCUT2D eigenvalue weighted by Crippen LogP contribution is -2.30. The molecule has 0 fully saturated rings. The Balaban J connectivity index is 2.82. The van der Waals surface area contributed by atoms with E-state index < -0.39 is 6.10 Å². The number of carbonyl (C=O) groups excluding carboxylic acids is 1. The van der Waals surface area contributed by atoms with E-state index in [1.807, 2.05) is 0 Å². The Kier molecular flexibility index (Phi) is 4.76. The minimum absolute atomic E-state index is 0.220. The van der Waals surface area contributed by atoms with Crippen LogP contribution in [0.4, 0.5) is 0 Å². The van der Waals surface area contributed by atoms with Gasteiger partial charge in [0.2, 0.25) is 0 Å². The van der Waals surface area contributed by atoms with Gasteiger partial charge in [0, 0.05) is 11.0 Å². The largest absolute Gasteiger partial charge is 0.496 e. The van der Waals surface area contributed by atoms with Gasteiger partial charge in [-0.15, -0.1) is 0 Å². The van der Waals surface area contributed by atoms with E-state index in [0.29, 0.717) is 11.3 Å². The summed E-state index contributed by atoms with van der Waals surface area (Å²) in [4.78, 5) is 11.7. The number of amides is 1. The summed E-state index contributed by atoms with van der Waals surface area (Å²) in [6.07, 6.45) is -0.564. The van der Waals surface area contributed by atoms with Crippen molar-refractivity contribution in [3.05, 3.63) is 28.2 Å². The van der Waals surface area contributed by atoms with Crippen LogP contribution in [0, 0.1) is 0 Å². The smallest absolute Gasteiger partial charge is 0.255 e. The number of hydrogen-bond acceptors (Lipinski definition) is 3. The van der Waals surface area contributed by atoms with Crippen molar-refractivity contribution < 1.29 is 14.6 Å². The van der Waals surface area contributed by atoms with Gasteiger partial charge in [-0.3, -0.25) is 4.79 Å². The molecule has 0 saturated carbocycles. The number of hydrogen-bond donors (Lipinski definition) is 2. The molecule has 0 aliphatic rings. The summed E-state index contributed by atoms with van der Waals surface area (Å²) in [5.41, 5.74) is 0.450. The quantitative estimate of drug-likeness (QED) is 0.884. The zero-order valence-electron chi connectivity index (χ0n) is 9.16. The Hall–Kier alpha value is -1.07. The van der Waals surface area contributed by atoms with Gasteiger partial charge in [0.05, 0.1) is 18.8 Å². The molecule has 5 heteroatoms. The molecule has 0 spiro atoms. The van der Waals surface area contributed by atoms with Crippen LogP contribution in [0.25, 0.3) is 0 Å². The molecule has 1 aromatic rings. The third-order valence-electron chi connectivity index (χ3n) is 1.97. The van der Waals surface area contributed by atoms with Crippen LogP contribution < -0.4 is 10.1 Å². The van der Waals surface area contributed by atoms with Crippen LogP contribution in [0.3, 0.4) is 0 Å². The molecule has 0 heterocycles. The van der Waals surface area contributed by atoms with Gasteiger partial charge in [0.15, 0.2) is 0 Å². The highest BCUT2D eigenvalue weighted by Gasteiger charge is 2.12. The molecule has 0 saturated heterocycles. The number of aliphatic hydroxyl groups excluding tert-OH is 1. The van der Waals surface area contributed by atoms with Crippen molar-refractivity contribution in [1.82, 2.24) is 5.32 Å². The van der Waals surface area contributed by atoms with Gasteiger partial charge in [-0.25, -0.2) is 0 Å². The lowest BCUT2D eigenvalue weighted by atomic mass is 10.2. The van der Waals surface area contributed by atoms with Gasteiger partial charge in [0.1, 0.15) is 5.75 Å². The van der Waals surface area contributed by atoms with Crippen LogP contribution in [0.2, 0.25) is 0 Å². The van der Waals surface area contributed by atoms with Crippen LogP contribution in [0.1, 0.15) is 17.3 Å². The molecule has 0 aliphatic carbocycles. The van der Waals surface area contributed by atoms with E-state index in [0.717, 1.165) is 4.47 Å². The molecule has 1 atom stereocenters. The Bertz CT molecular complexity index is 379. The average Bonchev–Trinajstić information content (AvgIpc) is 2.25. The molecule has 4 nitrogen and oxygen atoms in total. The maximum atomic E-state index is 11.7. The van der Waals surface area contributed by atoms with Gasteiger partial charge in [-0.2, -0.15) is 0 Å². The SMILES string of the molecule is COc1cc(Br)ccc1C(=O)NC[C@@H](C)O. The molecule has 1 amide bonds. The topological polar surface area (TPSA) is 58.6 Å². The van der Waals surface area contributed by atoms with Crippen LogP contribution in [0.5, 0.6) is 5.75 Å². The fourth-order valence-electron chi connectivity index (χ4n) is 1.19. The number of halogens is 1. The molecule has 1 aromatic carbocycles. The van der Waals surface area contributed by atoms with E-state index in [9.17, 15) is 4.79 Å². The summed E-state index contributed by atoms with van der Waals surface area (Å²) >= 11 is 3.30. The predicted molar refractivity (Wildman–Crippen MR) is 64.7 cm³/mol. The van der Waals surface area contributed by atoms with E-state index >= 15 is 0 Å². The van der Waals surface area contributed by atoms with Crippen molar-refractivity contribution in [3.8, 4) is 5.75 Å². The molecule has 16 heavy (non-hydrogen) atoms. The van der Waals surface area contributed by atoms with Crippen molar-refractivity contribution in [1.29, 1.82) is 0 Å². The first-order valence-electron chi connectivity index (χ1n) is 4.84. The molecule has 1 rings (SSSR count). The van der Waals surface area contributed by atoms with Gasteiger partial charge in [-0.05, 0) is 25.1 Å². The number of methoxy groups -OCH3 is 1. The highest BCUT2D eigenvalue weighted by Crippen LogP contribution is 2.23. The molecule has 88 valence electrons. The second kappa shape index (κ2) is 5.86. The first-order valence-corrected chi connectivity index (χ1v) is 5.63. The minimum Gasteiger partial charge on any atom is -0.496 e. The van der Waals surface area contributed by atoms with Crippen molar-refractivity contribution in [2.24, 2.45) is 0 Å².